The van der Waals surface area contributed by atoms with Crippen molar-refractivity contribution in [2.45, 2.75) is 13.8 Å². The van der Waals surface area contributed by atoms with Crippen LogP contribution in [0.4, 0.5) is 0 Å². The van der Waals surface area contributed by atoms with Gasteiger partial charge >= 0.3 is 0 Å². The van der Waals surface area contributed by atoms with Crippen molar-refractivity contribution >= 4 is 6.29 Å². The maximum atomic E-state index is 10.2. The number of rotatable bonds is 5. The lowest BCUT2D eigenvalue weighted by Crippen LogP contribution is -2.21. The van der Waals surface area contributed by atoms with E-state index < -0.39 is 0 Å². The summed E-state index contributed by atoms with van der Waals surface area (Å²) in [5.41, 5.74) is 0.681. The Morgan fingerprint density at radius 1 is 1.64 bits per heavy atom. The zero-order valence-corrected chi connectivity index (χ0v) is 7.08. The molecule has 0 bridgehead atoms. The van der Waals surface area contributed by atoms with Crippen molar-refractivity contribution in [3.05, 3.63) is 11.8 Å². The minimum atomic E-state index is 0.122. The summed E-state index contributed by atoms with van der Waals surface area (Å²) in [6.45, 7) is 5.24. The third kappa shape index (κ3) is 4.56. The molecule has 0 radical (unpaired) electrons. The Kier molecular flexibility index (Phi) is 5.47. The molecule has 64 valence electrons. The topological polar surface area (TPSA) is 40.5 Å². The van der Waals surface area contributed by atoms with Crippen LogP contribution < -0.4 is 0 Å². The first-order valence-electron chi connectivity index (χ1n) is 3.73. The lowest BCUT2D eigenvalue weighted by molar-refractivity contribution is -0.104. The van der Waals surface area contributed by atoms with Gasteiger partial charge in [-0.15, -0.1) is 0 Å². The number of hydrogen-bond donors (Lipinski definition) is 1. The Hall–Kier alpha value is -0.830. The fraction of sp³-hybridized carbons (Fsp3) is 0.625. The Morgan fingerprint density at radius 2 is 2.27 bits per heavy atom. The van der Waals surface area contributed by atoms with Gasteiger partial charge < -0.3 is 10.0 Å². The summed E-state index contributed by atoms with van der Waals surface area (Å²) in [6, 6.07) is 0. The fourth-order valence-corrected chi connectivity index (χ4v) is 0.761. The van der Waals surface area contributed by atoms with Crippen LogP contribution in [0.5, 0.6) is 0 Å². The van der Waals surface area contributed by atoms with Crippen molar-refractivity contribution in [1.29, 1.82) is 0 Å². The molecule has 0 saturated heterocycles. The Balaban J connectivity index is 3.93. The number of nitrogens with zero attached hydrogens (tertiary/aromatic N) is 1. The molecule has 0 aromatic carbocycles. The Labute approximate surface area is 67.3 Å². The van der Waals surface area contributed by atoms with E-state index in [0.717, 1.165) is 12.8 Å². The van der Waals surface area contributed by atoms with Crippen LogP contribution in [0.15, 0.2) is 11.8 Å². The van der Waals surface area contributed by atoms with Crippen molar-refractivity contribution in [3.8, 4) is 0 Å². The highest BCUT2D eigenvalue weighted by atomic mass is 16.3. The maximum absolute atomic E-state index is 10.2. The monoisotopic (exact) mass is 157 g/mol. The van der Waals surface area contributed by atoms with Crippen molar-refractivity contribution in [2.24, 2.45) is 0 Å². The number of hydrogen-bond acceptors (Lipinski definition) is 3. The van der Waals surface area contributed by atoms with Crippen molar-refractivity contribution in [2.75, 3.05) is 19.7 Å². The van der Waals surface area contributed by atoms with Gasteiger partial charge in [0.2, 0.25) is 0 Å². The molecule has 0 saturated carbocycles. The quantitative estimate of drug-likeness (QED) is 0.464. The second-order valence-electron chi connectivity index (χ2n) is 2.34. The number of aldehydes is 1. The number of carbonyl (C=O) groups excluding carboxylic acids is 1. The molecule has 0 fully saturated rings. The van der Waals surface area contributed by atoms with Crippen LogP contribution in [0.1, 0.15) is 13.8 Å². The Bertz CT molecular complexity index is 143. The van der Waals surface area contributed by atoms with Gasteiger partial charge in [0, 0.05) is 24.9 Å². The number of likely N-dealkylation sites (N-methyl/N-ethyl adjacent to an activating group) is 1. The number of allylic oxidation sites excluding steroid dienone is 1. The fourth-order valence-electron chi connectivity index (χ4n) is 0.761. The summed E-state index contributed by atoms with van der Waals surface area (Å²) in [7, 11) is 0. The summed E-state index contributed by atoms with van der Waals surface area (Å²) >= 11 is 0. The molecule has 1 N–H and O–H groups in total. The SMILES string of the molecule is CCN(C=C(C)C=O)CCO. The standard InChI is InChI=1S/C8H15NO2/c1-3-9(4-5-10)6-8(2)7-11/h6-7,10H,3-5H2,1-2H3. The zero-order chi connectivity index (χ0) is 8.69. The van der Waals surface area contributed by atoms with Gasteiger partial charge in [-0.2, -0.15) is 0 Å². The second kappa shape index (κ2) is 5.92. The minimum absolute atomic E-state index is 0.122. The van der Waals surface area contributed by atoms with E-state index in [2.05, 4.69) is 0 Å². The summed E-state index contributed by atoms with van der Waals surface area (Å²) in [5, 5.41) is 8.59. The zero-order valence-electron chi connectivity index (χ0n) is 7.08. The third-order valence-corrected chi connectivity index (χ3v) is 1.37. The largest absolute Gasteiger partial charge is 0.395 e. The van der Waals surface area contributed by atoms with Gasteiger partial charge in [0.05, 0.1) is 6.61 Å². The van der Waals surface area contributed by atoms with E-state index in [1.807, 2.05) is 11.8 Å². The molecule has 0 spiro atoms. The van der Waals surface area contributed by atoms with Crippen LogP contribution in [0.2, 0.25) is 0 Å². The molecular formula is C8H15NO2. The first-order chi connectivity index (χ1) is 5.24. The molecule has 0 aliphatic carbocycles. The lowest BCUT2D eigenvalue weighted by Gasteiger charge is -2.16. The predicted molar refractivity (Wildman–Crippen MR) is 44.2 cm³/mol. The van der Waals surface area contributed by atoms with E-state index in [9.17, 15) is 4.79 Å². The molecule has 0 atom stereocenters. The highest BCUT2D eigenvalue weighted by Gasteiger charge is 1.94. The highest BCUT2D eigenvalue weighted by Crippen LogP contribution is 1.93. The first-order valence-corrected chi connectivity index (χ1v) is 3.73. The molecule has 3 heteroatoms. The molecule has 0 unspecified atom stereocenters. The van der Waals surface area contributed by atoms with Gasteiger partial charge in [-0.05, 0) is 13.8 Å². The minimum Gasteiger partial charge on any atom is -0.395 e. The van der Waals surface area contributed by atoms with E-state index >= 15 is 0 Å². The number of carbonyl (C=O) groups is 1. The van der Waals surface area contributed by atoms with Crippen molar-refractivity contribution < 1.29 is 9.90 Å². The number of aliphatic hydroxyl groups is 1. The van der Waals surface area contributed by atoms with Crippen molar-refractivity contribution in [3.63, 3.8) is 0 Å². The molecule has 0 heterocycles. The predicted octanol–water partition coefficient (Wildman–Crippen LogP) is 0.403. The maximum Gasteiger partial charge on any atom is 0.147 e. The van der Waals surface area contributed by atoms with Gasteiger partial charge in [0.15, 0.2) is 0 Å². The van der Waals surface area contributed by atoms with Crippen LogP contribution in [0.3, 0.4) is 0 Å². The van der Waals surface area contributed by atoms with Gasteiger partial charge in [-0.1, -0.05) is 0 Å². The average molecular weight is 157 g/mol. The van der Waals surface area contributed by atoms with Crippen LogP contribution in [0.25, 0.3) is 0 Å². The third-order valence-electron chi connectivity index (χ3n) is 1.37. The van der Waals surface area contributed by atoms with Gasteiger partial charge in [0.1, 0.15) is 6.29 Å². The second-order valence-corrected chi connectivity index (χ2v) is 2.34. The summed E-state index contributed by atoms with van der Waals surface area (Å²) in [4.78, 5) is 12.1. The molecule has 11 heavy (non-hydrogen) atoms. The van der Waals surface area contributed by atoms with E-state index in [-0.39, 0.29) is 6.61 Å². The Morgan fingerprint density at radius 3 is 2.64 bits per heavy atom. The van der Waals surface area contributed by atoms with E-state index in [1.165, 1.54) is 0 Å². The summed E-state index contributed by atoms with van der Waals surface area (Å²) < 4.78 is 0. The van der Waals surface area contributed by atoms with Crippen LogP contribution in [-0.2, 0) is 4.79 Å². The first kappa shape index (κ1) is 10.2. The molecule has 3 nitrogen and oxygen atoms in total. The molecule has 0 aliphatic heterocycles. The molecular weight excluding hydrogens is 142 g/mol. The lowest BCUT2D eigenvalue weighted by atomic mass is 10.3. The molecule has 0 aromatic heterocycles. The van der Waals surface area contributed by atoms with Gasteiger partial charge in [-0.3, -0.25) is 4.79 Å². The smallest absolute Gasteiger partial charge is 0.147 e. The number of aliphatic hydroxyl groups excluding tert-OH is 1. The normalized spacial score (nSPS) is 11.4. The van der Waals surface area contributed by atoms with Crippen LogP contribution >= 0.6 is 0 Å². The summed E-state index contributed by atoms with van der Waals surface area (Å²) in [5.74, 6) is 0. The molecule has 0 aliphatic rings. The summed E-state index contributed by atoms with van der Waals surface area (Å²) in [6.07, 6.45) is 2.56. The molecule has 0 aromatic rings. The highest BCUT2D eigenvalue weighted by molar-refractivity contribution is 5.71. The van der Waals surface area contributed by atoms with Crippen molar-refractivity contribution in [1.82, 2.24) is 4.90 Å². The van der Waals surface area contributed by atoms with E-state index in [4.69, 9.17) is 5.11 Å². The van der Waals surface area contributed by atoms with E-state index in [0.29, 0.717) is 12.1 Å². The van der Waals surface area contributed by atoms with Gasteiger partial charge in [0.25, 0.3) is 0 Å². The molecule has 0 amide bonds. The van der Waals surface area contributed by atoms with E-state index in [1.54, 1.807) is 13.1 Å². The van der Waals surface area contributed by atoms with Gasteiger partial charge in [-0.25, -0.2) is 0 Å². The van der Waals surface area contributed by atoms with Crippen LogP contribution in [-0.4, -0.2) is 36.0 Å². The average Bonchev–Trinajstić information content (AvgIpc) is 2.03. The molecule has 0 rings (SSSR count). The van der Waals surface area contributed by atoms with Crippen LogP contribution in [0, 0.1) is 0 Å².